The van der Waals surface area contributed by atoms with E-state index in [4.69, 9.17) is 23.2 Å². The number of amides is 1. The van der Waals surface area contributed by atoms with E-state index in [2.05, 4.69) is 46.5 Å². The fraction of sp³-hybridized carbons (Fsp3) is 0.130. The first kappa shape index (κ1) is 22.3. The van der Waals surface area contributed by atoms with E-state index < -0.39 is 0 Å². The summed E-state index contributed by atoms with van der Waals surface area (Å²) >= 11 is 13.3. The van der Waals surface area contributed by atoms with E-state index in [0.29, 0.717) is 26.7 Å². The van der Waals surface area contributed by atoms with Gasteiger partial charge in [0.05, 0.1) is 11.4 Å². The van der Waals surface area contributed by atoms with Crippen LogP contribution in [0.1, 0.15) is 11.1 Å². The van der Waals surface area contributed by atoms with Gasteiger partial charge in [0.25, 0.3) is 0 Å². The minimum absolute atomic E-state index is 0.142. The van der Waals surface area contributed by atoms with Gasteiger partial charge in [0.1, 0.15) is 0 Å². The number of carbonyl (C=O) groups is 1. The maximum atomic E-state index is 12.5. The van der Waals surface area contributed by atoms with Gasteiger partial charge in [-0.15, -0.1) is 10.2 Å². The van der Waals surface area contributed by atoms with Crippen LogP contribution in [0.25, 0.3) is 17.1 Å². The van der Waals surface area contributed by atoms with Crippen LogP contribution in [0, 0.1) is 13.8 Å². The zero-order valence-electron chi connectivity index (χ0n) is 17.3. The second-order valence-corrected chi connectivity index (χ2v) is 8.96. The molecule has 0 aliphatic carbocycles. The Morgan fingerprint density at radius 2 is 1.69 bits per heavy atom. The van der Waals surface area contributed by atoms with Gasteiger partial charge in [0.2, 0.25) is 5.91 Å². The second-order valence-electron chi connectivity index (χ2n) is 7.14. The van der Waals surface area contributed by atoms with E-state index in [-0.39, 0.29) is 11.7 Å². The number of benzene rings is 2. The first-order valence-electron chi connectivity index (χ1n) is 9.73. The van der Waals surface area contributed by atoms with Gasteiger partial charge in [-0.1, -0.05) is 41.0 Å². The number of rotatable bonds is 6. The van der Waals surface area contributed by atoms with E-state index in [1.54, 1.807) is 30.6 Å². The van der Waals surface area contributed by atoms with Crippen molar-refractivity contribution in [1.29, 1.82) is 0 Å². The molecule has 2 aromatic heterocycles. The van der Waals surface area contributed by atoms with Gasteiger partial charge in [-0.3, -0.25) is 14.3 Å². The summed E-state index contributed by atoms with van der Waals surface area (Å²) in [5.74, 6) is 0.623. The molecule has 0 saturated heterocycles. The monoisotopic (exact) mass is 483 g/mol. The molecule has 32 heavy (non-hydrogen) atoms. The topological polar surface area (TPSA) is 72.7 Å². The molecule has 0 saturated carbocycles. The summed E-state index contributed by atoms with van der Waals surface area (Å²) in [6, 6.07) is 14.8. The van der Waals surface area contributed by atoms with Crippen LogP contribution < -0.4 is 5.32 Å². The molecule has 9 heteroatoms. The molecule has 0 fully saturated rings. The summed E-state index contributed by atoms with van der Waals surface area (Å²) in [5.41, 5.74) is 4.70. The normalized spacial score (nSPS) is 10.9. The van der Waals surface area contributed by atoms with Crippen molar-refractivity contribution < 1.29 is 4.79 Å². The fourth-order valence-corrected chi connectivity index (χ4v) is 4.38. The largest absolute Gasteiger partial charge is 0.325 e. The lowest BCUT2D eigenvalue weighted by atomic mass is 10.1. The minimum Gasteiger partial charge on any atom is -0.325 e. The zero-order chi connectivity index (χ0) is 22.7. The Hall–Kier alpha value is -2.87. The molecular formula is C23H19Cl2N5OS. The molecule has 1 amide bonds. The van der Waals surface area contributed by atoms with Crippen molar-refractivity contribution in [3.05, 3.63) is 82.1 Å². The van der Waals surface area contributed by atoms with Crippen LogP contribution in [-0.4, -0.2) is 31.4 Å². The predicted octanol–water partition coefficient (Wildman–Crippen LogP) is 5.98. The average molecular weight is 484 g/mol. The predicted molar refractivity (Wildman–Crippen MR) is 130 cm³/mol. The number of nitrogens with one attached hydrogen (secondary N) is 1. The lowest BCUT2D eigenvalue weighted by Crippen LogP contribution is -2.14. The first-order chi connectivity index (χ1) is 15.4. The molecule has 0 bridgehead atoms. The number of hydrogen-bond acceptors (Lipinski definition) is 5. The molecule has 6 nitrogen and oxygen atoms in total. The fourth-order valence-electron chi connectivity index (χ4n) is 3.10. The van der Waals surface area contributed by atoms with Gasteiger partial charge in [-0.25, -0.2) is 0 Å². The standard InChI is InChI=1S/C23H19Cl2N5OS/c1-14-3-4-20(9-15(14)2)30-22(16-5-7-26-8-6-16)28-29-23(30)32-13-21(31)27-19-11-17(24)10-18(25)12-19/h3-12H,13H2,1-2H3,(H,27,31). The Bertz CT molecular complexity index is 1260. The number of aryl methyl sites for hydroxylation is 2. The van der Waals surface area contributed by atoms with Crippen LogP contribution >= 0.6 is 35.0 Å². The maximum absolute atomic E-state index is 12.5. The average Bonchev–Trinajstić information content (AvgIpc) is 3.18. The summed E-state index contributed by atoms with van der Waals surface area (Å²) < 4.78 is 1.95. The number of halogens is 2. The number of thioether (sulfide) groups is 1. The Balaban J connectivity index is 1.61. The highest BCUT2D eigenvalue weighted by Crippen LogP contribution is 2.29. The van der Waals surface area contributed by atoms with Gasteiger partial charge >= 0.3 is 0 Å². The minimum atomic E-state index is -0.201. The number of anilines is 1. The van der Waals surface area contributed by atoms with E-state index in [1.807, 2.05) is 22.8 Å². The molecule has 162 valence electrons. The van der Waals surface area contributed by atoms with E-state index >= 15 is 0 Å². The van der Waals surface area contributed by atoms with E-state index in [1.165, 1.54) is 17.3 Å². The Kier molecular flexibility index (Phi) is 6.79. The van der Waals surface area contributed by atoms with Gasteiger partial charge < -0.3 is 5.32 Å². The van der Waals surface area contributed by atoms with Crippen molar-refractivity contribution in [1.82, 2.24) is 19.7 Å². The molecule has 0 spiro atoms. The summed E-state index contributed by atoms with van der Waals surface area (Å²) in [6.07, 6.45) is 3.43. The second kappa shape index (κ2) is 9.73. The lowest BCUT2D eigenvalue weighted by Gasteiger charge is -2.12. The van der Waals surface area contributed by atoms with Crippen LogP contribution in [0.2, 0.25) is 10.0 Å². The Labute approximate surface area is 200 Å². The van der Waals surface area contributed by atoms with Gasteiger partial charge in [-0.2, -0.15) is 0 Å². The Morgan fingerprint density at radius 3 is 2.38 bits per heavy atom. The van der Waals surface area contributed by atoms with Crippen molar-refractivity contribution in [3.8, 4) is 17.1 Å². The maximum Gasteiger partial charge on any atom is 0.234 e. The van der Waals surface area contributed by atoms with Crippen LogP contribution in [0.15, 0.2) is 66.1 Å². The van der Waals surface area contributed by atoms with Crippen molar-refractivity contribution in [2.24, 2.45) is 0 Å². The number of aromatic nitrogens is 4. The molecule has 0 aliphatic heterocycles. The van der Waals surface area contributed by atoms with Crippen LogP contribution in [0.4, 0.5) is 5.69 Å². The highest BCUT2D eigenvalue weighted by molar-refractivity contribution is 7.99. The van der Waals surface area contributed by atoms with Crippen molar-refractivity contribution in [3.63, 3.8) is 0 Å². The van der Waals surface area contributed by atoms with E-state index in [9.17, 15) is 4.79 Å². The number of carbonyl (C=O) groups excluding carboxylic acids is 1. The zero-order valence-corrected chi connectivity index (χ0v) is 19.7. The molecule has 4 aromatic rings. The molecule has 0 atom stereocenters. The molecule has 0 radical (unpaired) electrons. The van der Waals surface area contributed by atoms with Gasteiger partial charge in [-0.05, 0) is 67.4 Å². The molecule has 1 N–H and O–H groups in total. The van der Waals surface area contributed by atoms with Crippen molar-refractivity contribution >= 4 is 46.6 Å². The van der Waals surface area contributed by atoms with Crippen molar-refractivity contribution in [2.45, 2.75) is 19.0 Å². The molecule has 0 aliphatic rings. The summed E-state index contributed by atoms with van der Waals surface area (Å²) in [5, 5.41) is 13.1. The van der Waals surface area contributed by atoms with Crippen LogP contribution in [0.5, 0.6) is 0 Å². The van der Waals surface area contributed by atoms with Crippen LogP contribution in [-0.2, 0) is 4.79 Å². The summed E-state index contributed by atoms with van der Waals surface area (Å²) in [6.45, 7) is 4.13. The molecule has 0 unspecified atom stereocenters. The van der Waals surface area contributed by atoms with Crippen LogP contribution in [0.3, 0.4) is 0 Å². The van der Waals surface area contributed by atoms with Crippen molar-refractivity contribution in [2.75, 3.05) is 11.1 Å². The number of pyridine rings is 1. The Morgan fingerprint density at radius 1 is 0.969 bits per heavy atom. The highest BCUT2D eigenvalue weighted by atomic mass is 35.5. The third kappa shape index (κ3) is 5.12. The smallest absolute Gasteiger partial charge is 0.234 e. The third-order valence-corrected chi connectivity index (χ3v) is 6.16. The molecule has 4 rings (SSSR count). The SMILES string of the molecule is Cc1ccc(-n2c(SCC(=O)Nc3cc(Cl)cc(Cl)c3)nnc2-c2ccncc2)cc1C. The number of hydrogen-bond donors (Lipinski definition) is 1. The van der Waals surface area contributed by atoms with Gasteiger partial charge in [0.15, 0.2) is 11.0 Å². The molecule has 2 heterocycles. The first-order valence-corrected chi connectivity index (χ1v) is 11.5. The highest BCUT2D eigenvalue weighted by Gasteiger charge is 2.18. The quantitative estimate of drug-likeness (QED) is 0.341. The van der Waals surface area contributed by atoms with E-state index in [0.717, 1.165) is 16.8 Å². The number of nitrogens with zero attached hydrogens (tertiary/aromatic N) is 4. The lowest BCUT2D eigenvalue weighted by molar-refractivity contribution is -0.113. The molecule has 2 aromatic carbocycles. The van der Waals surface area contributed by atoms with Gasteiger partial charge in [0, 0.05) is 33.7 Å². The summed E-state index contributed by atoms with van der Waals surface area (Å²) in [7, 11) is 0. The molecular weight excluding hydrogens is 465 g/mol. The summed E-state index contributed by atoms with van der Waals surface area (Å²) in [4.78, 5) is 16.6. The third-order valence-electron chi connectivity index (χ3n) is 4.80.